The Labute approximate surface area is 175 Å². The topological polar surface area (TPSA) is 55.2 Å². The lowest BCUT2D eigenvalue weighted by molar-refractivity contribution is -0.117. The predicted octanol–water partition coefficient (Wildman–Crippen LogP) is 4.59. The van der Waals surface area contributed by atoms with Gasteiger partial charge in [0.05, 0.1) is 16.2 Å². The van der Waals surface area contributed by atoms with Gasteiger partial charge in [0.1, 0.15) is 0 Å². The van der Waals surface area contributed by atoms with Gasteiger partial charge in [0.15, 0.2) is 5.16 Å². The van der Waals surface area contributed by atoms with Crippen LogP contribution in [0, 0.1) is 5.92 Å². The van der Waals surface area contributed by atoms with Gasteiger partial charge in [0.25, 0.3) is 5.56 Å². The highest BCUT2D eigenvalue weighted by atomic mass is 32.2. The van der Waals surface area contributed by atoms with Crippen molar-refractivity contribution in [2.45, 2.75) is 44.1 Å². The van der Waals surface area contributed by atoms with Gasteiger partial charge in [0, 0.05) is 19.3 Å². The Morgan fingerprint density at radius 3 is 2.41 bits per heavy atom. The molecule has 3 aromatic rings. The van der Waals surface area contributed by atoms with Crippen molar-refractivity contribution in [3.8, 4) is 0 Å². The zero-order chi connectivity index (χ0) is 21.0. The first-order valence-electron chi connectivity index (χ1n) is 9.87. The molecular formula is C23H27N3O2S. The van der Waals surface area contributed by atoms with Crippen LogP contribution in [0.2, 0.25) is 0 Å². The van der Waals surface area contributed by atoms with Crippen LogP contribution in [0.3, 0.4) is 0 Å². The van der Waals surface area contributed by atoms with Gasteiger partial charge in [-0.25, -0.2) is 4.98 Å². The number of para-hydroxylation sites is 2. The molecule has 0 radical (unpaired) electrons. The summed E-state index contributed by atoms with van der Waals surface area (Å²) in [4.78, 5) is 32.4. The van der Waals surface area contributed by atoms with E-state index in [9.17, 15) is 9.59 Å². The summed E-state index contributed by atoms with van der Waals surface area (Å²) in [5, 5.41) is 0.830. The fraction of sp³-hybridized carbons (Fsp3) is 0.348. The second-order valence-corrected chi connectivity index (χ2v) is 8.85. The number of aromatic nitrogens is 2. The molecule has 0 aliphatic heterocycles. The summed E-state index contributed by atoms with van der Waals surface area (Å²) < 4.78 is 1.72. The lowest BCUT2D eigenvalue weighted by atomic mass is 10.1. The molecule has 0 N–H and O–H groups in total. The van der Waals surface area contributed by atoms with E-state index in [0.29, 0.717) is 28.5 Å². The van der Waals surface area contributed by atoms with Crippen molar-refractivity contribution >= 4 is 34.3 Å². The summed E-state index contributed by atoms with van der Waals surface area (Å²) in [6.45, 7) is 6.72. The van der Waals surface area contributed by atoms with Crippen LogP contribution in [0.25, 0.3) is 10.9 Å². The summed E-state index contributed by atoms with van der Waals surface area (Å²) in [6.07, 6.45) is 0.875. The van der Waals surface area contributed by atoms with Gasteiger partial charge in [-0.2, -0.15) is 0 Å². The maximum atomic E-state index is 13.1. The summed E-state index contributed by atoms with van der Waals surface area (Å²) >= 11 is 1.34. The minimum Gasteiger partial charge on any atom is -0.315 e. The lowest BCUT2D eigenvalue weighted by Crippen LogP contribution is -2.34. The third-order valence-electron chi connectivity index (χ3n) is 4.86. The van der Waals surface area contributed by atoms with Crippen molar-refractivity contribution < 1.29 is 4.79 Å². The molecule has 1 atom stereocenters. The SMILES string of the molecule is CC(C)CCn1c(SC(C)C(=O)N(C)c2ccccc2)nc2ccccc2c1=O. The number of carbonyl (C=O) groups excluding carboxylic acids is 1. The molecule has 0 saturated heterocycles. The van der Waals surface area contributed by atoms with Gasteiger partial charge >= 0.3 is 0 Å². The molecule has 0 bridgehead atoms. The first-order valence-corrected chi connectivity index (χ1v) is 10.7. The summed E-state index contributed by atoms with van der Waals surface area (Å²) in [7, 11) is 1.77. The first kappa shape index (κ1) is 21.1. The van der Waals surface area contributed by atoms with Crippen LogP contribution in [0.5, 0.6) is 0 Å². The Morgan fingerprint density at radius 1 is 1.07 bits per heavy atom. The first-order chi connectivity index (χ1) is 13.9. The van der Waals surface area contributed by atoms with Gasteiger partial charge in [-0.3, -0.25) is 14.2 Å². The van der Waals surface area contributed by atoms with E-state index >= 15 is 0 Å². The van der Waals surface area contributed by atoms with Gasteiger partial charge in [-0.1, -0.05) is 55.9 Å². The van der Waals surface area contributed by atoms with Crippen LogP contribution < -0.4 is 10.5 Å². The monoisotopic (exact) mass is 409 g/mol. The van der Waals surface area contributed by atoms with Crippen LogP contribution >= 0.6 is 11.8 Å². The summed E-state index contributed by atoms with van der Waals surface area (Å²) in [6, 6.07) is 16.9. The third kappa shape index (κ3) is 4.88. The molecule has 1 heterocycles. The van der Waals surface area contributed by atoms with E-state index < -0.39 is 0 Å². The molecule has 0 fully saturated rings. The van der Waals surface area contributed by atoms with Crippen molar-refractivity contribution in [1.29, 1.82) is 0 Å². The number of amides is 1. The minimum atomic E-state index is -0.376. The fourth-order valence-electron chi connectivity index (χ4n) is 3.08. The average molecular weight is 410 g/mol. The molecule has 0 saturated carbocycles. The number of nitrogens with zero attached hydrogens (tertiary/aromatic N) is 3. The number of fused-ring (bicyclic) bond motifs is 1. The maximum Gasteiger partial charge on any atom is 0.262 e. The summed E-state index contributed by atoms with van der Waals surface area (Å²) in [5.74, 6) is 0.438. The van der Waals surface area contributed by atoms with E-state index in [1.165, 1.54) is 11.8 Å². The highest BCUT2D eigenvalue weighted by Crippen LogP contribution is 2.25. The number of thioether (sulfide) groups is 1. The van der Waals surface area contributed by atoms with Crippen LogP contribution in [-0.4, -0.2) is 27.8 Å². The van der Waals surface area contributed by atoms with Crippen molar-refractivity contribution in [3.63, 3.8) is 0 Å². The van der Waals surface area contributed by atoms with E-state index in [2.05, 4.69) is 13.8 Å². The molecule has 0 aliphatic carbocycles. The van der Waals surface area contributed by atoms with Crippen molar-refractivity contribution in [2.75, 3.05) is 11.9 Å². The zero-order valence-electron chi connectivity index (χ0n) is 17.3. The fourth-order valence-corrected chi connectivity index (χ4v) is 4.11. The van der Waals surface area contributed by atoms with E-state index in [0.717, 1.165) is 12.1 Å². The van der Waals surface area contributed by atoms with Crippen LogP contribution in [-0.2, 0) is 11.3 Å². The van der Waals surface area contributed by atoms with Crippen LogP contribution in [0.4, 0.5) is 5.69 Å². The maximum absolute atomic E-state index is 13.1. The number of carbonyl (C=O) groups is 1. The van der Waals surface area contributed by atoms with Crippen LogP contribution in [0.15, 0.2) is 64.5 Å². The molecule has 6 heteroatoms. The van der Waals surface area contributed by atoms with Crippen LogP contribution in [0.1, 0.15) is 27.2 Å². The third-order valence-corrected chi connectivity index (χ3v) is 5.94. The van der Waals surface area contributed by atoms with Crippen molar-refractivity contribution in [3.05, 3.63) is 65.0 Å². The molecule has 2 aromatic carbocycles. The second kappa shape index (κ2) is 9.27. The molecule has 1 aromatic heterocycles. The quantitative estimate of drug-likeness (QED) is 0.423. The molecule has 29 heavy (non-hydrogen) atoms. The van der Waals surface area contributed by atoms with Gasteiger partial charge < -0.3 is 4.90 Å². The Morgan fingerprint density at radius 2 is 1.72 bits per heavy atom. The number of benzene rings is 2. The Bertz CT molecular complexity index is 1050. The molecule has 5 nitrogen and oxygen atoms in total. The van der Waals surface area contributed by atoms with E-state index in [1.54, 1.807) is 16.5 Å². The lowest BCUT2D eigenvalue weighted by Gasteiger charge is -2.22. The van der Waals surface area contributed by atoms with E-state index in [4.69, 9.17) is 4.98 Å². The average Bonchev–Trinajstić information content (AvgIpc) is 2.72. The van der Waals surface area contributed by atoms with E-state index in [-0.39, 0.29) is 16.7 Å². The molecule has 152 valence electrons. The zero-order valence-corrected chi connectivity index (χ0v) is 18.1. The number of rotatable bonds is 7. The smallest absolute Gasteiger partial charge is 0.262 e. The standard InChI is InChI=1S/C23H27N3O2S/c1-16(2)14-15-26-22(28)19-12-8-9-13-20(19)24-23(26)29-17(3)21(27)25(4)18-10-6-5-7-11-18/h5-13,16-17H,14-15H2,1-4H3. The molecule has 1 amide bonds. The number of anilines is 1. The normalized spacial score (nSPS) is 12.3. The van der Waals surface area contributed by atoms with Gasteiger partial charge in [-0.05, 0) is 43.5 Å². The number of hydrogen-bond donors (Lipinski definition) is 0. The molecule has 3 rings (SSSR count). The van der Waals surface area contributed by atoms with Crippen molar-refractivity contribution in [2.24, 2.45) is 5.92 Å². The Hall–Kier alpha value is -2.60. The highest BCUT2D eigenvalue weighted by Gasteiger charge is 2.23. The van der Waals surface area contributed by atoms with Gasteiger partial charge in [0.2, 0.25) is 5.91 Å². The largest absolute Gasteiger partial charge is 0.315 e. The van der Waals surface area contributed by atoms with Gasteiger partial charge in [-0.15, -0.1) is 0 Å². The minimum absolute atomic E-state index is 0.0287. The Balaban J connectivity index is 1.92. The summed E-state index contributed by atoms with van der Waals surface area (Å²) in [5.41, 5.74) is 1.46. The molecule has 1 unspecified atom stereocenters. The second-order valence-electron chi connectivity index (χ2n) is 7.54. The molecule has 0 aliphatic rings. The Kier molecular flexibility index (Phi) is 6.75. The van der Waals surface area contributed by atoms with Crippen molar-refractivity contribution in [1.82, 2.24) is 9.55 Å². The highest BCUT2D eigenvalue weighted by molar-refractivity contribution is 8.00. The molecular weight excluding hydrogens is 382 g/mol. The predicted molar refractivity (Wildman–Crippen MR) is 121 cm³/mol. The molecule has 0 spiro atoms. The van der Waals surface area contributed by atoms with E-state index in [1.807, 2.05) is 61.5 Å². The number of hydrogen-bond acceptors (Lipinski definition) is 4.